The molecule has 0 aromatic carbocycles. The van der Waals surface area contributed by atoms with E-state index in [1.54, 1.807) is 0 Å². The molecule has 1 saturated carbocycles. The summed E-state index contributed by atoms with van der Waals surface area (Å²) in [5.41, 5.74) is 5.67. The molecule has 2 aliphatic rings. The van der Waals surface area contributed by atoms with Crippen molar-refractivity contribution in [3.05, 3.63) is 35.4 Å². The van der Waals surface area contributed by atoms with Gasteiger partial charge in [-0.05, 0) is 38.2 Å². The fraction of sp³-hybridized carbons (Fsp3) is 0.471. The summed E-state index contributed by atoms with van der Waals surface area (Å²) in [5.74, 6) is -0.727. The molecule has 2 fully saturated rings. The number of carbonyl (C=O) groups is 1. The summed E-state index contributed by atoms with van der Waals surface area (Å²) in [5, 5.41) is 8.04. The van der Waals surface area contributed by atoms with Gasteiger partial charge in [-0.15, -0.1) is 0 Å². The number of likely N-dealkylation sites (tertiary alicyclic amines) is 1. The summed E-state index contributed by atoms with van der Waals surface area (Å²) in [7, 11) is 1.41. The van der Waals surface area contributed by atoms with Gasteiger partial charge in [-0.25, -0.2) is 9.37 Å². The standard InChI is InChI=1S/C17H21FN4O2/c1-24-15-8-11(12(18)10-21-15)13(19)9-14(20)16(23)22-7-3-2-4-17(22)5-6-17/h8-10,19H,2-7,20H2,1H3/b14-9-,19-13?. The maximum atomic E-state index is 13.9. The number of piperidine rings is 1. The molecule has 3 rings (SSSR count). The number of carbonyl (C=O) groups excluding carboxylic acids is 1. The number of nitrogens with zero attached hydrogens (tertiary/aromatic N) is 2. The Kier molecular flexibility index (Phi) is 4.26. The van der Waals surface area contributed by atoms with Crippen LogP contribution < -0.4 is 10.5 Å². The van der Waals surface area contributed by atoms with Crippen molar-refractivity contribution < 1.29 is 13.9 Å². The average Bonchev–Trinajstić information content (AvgIpc) is 3.34. The molecule has 1 aromatic rings. The van der Waals surface area contributed by atoms with Gasteiger partial charge in [0, 0.05) is 23.7 Å². The number of hydrogen-bond acceptors (Lipinski definition) is 5. The van der Waals surface area contributed by atoms with Gasteiger partial charge in [0.1, 0.15) is 0 Å². The summed E-state index contributed by atoms with van der Waals surface area (Å²) in [6.45, 7) is 0.693. The number of allylic oxidation sites excluding steroid dienone is 1. The molecular weight excluding hydrogens is 311 g/mol. The molecule has 1 spiro atoms. The second-order valence-corrected chi connectivity index (χ2v) is 6.36. The topological polar surface area (TPSA) is 92.3 Å². The zero-order chi connectivity index (χ0) is 17.3. The lowest BCUT2D eigenvalue weighted by molar-refractivity contribution is -0.131. The Balaban J connectivity index is 1.80. The zero-order valence-corrected chi connectivity index (χ0v) is 13.6. The van der Waals surface area contributed by atoms with E-state index in [1.165, 1.54) is 19.3 Å². The van der Waals surface area contributed by atoms with Gasteiger partial charge in [0.2, 0.25) is 5.88 Å². The van der Waals surface area contributed by atoms with Crippen LogP contribution in [-0.2, 0) is 4.79 Å². The van der Waals surface area contributed by atoms with Gasteiger partial charge in [-0.3, -0.25) is 4.79 Å². The quantitative estimate of drug-likeness (QED) is 0.651. The van der Waals surface area contributed by atoms with Crippen molar-refractivity contribution in [1.82, 2.24) is 9.88 Å². The molecule has 0 bridgehead atoms. The summed E-state index contributed by atoms with van der Waals surface area (Å²) >= 11 is 0. The first-order valence-electron chi connectivity index (χ1n) is 8.04. The van der Waals surface area contributed by atoms with Gasteiger partial charge < -0.3 is 20.8 Å². The predicted molar refractivity (Wildman–Crippen MR) is 87.4 cm³/mol. The second kappa shape index (κ2) is 6.22. The van der Waals surface area contributed by atoms with Crippen molar-refractivity contribution >= 4 is 11.6 Å². The molecule has 1 aliphatic carbocycles. The SMILES string of the molecule is COc1cc(C(=N)/C=C(\N)C(=O)N2CCCCC23CC3)c(F)cn1. The smallest absolute Gasteiger partial charge is 0.270 e. The molecule has 7 heteroatoms. The molecule has 6 nitrogen and oxygen atoms in total. The van der Waals surface area contributed by atoms with E-state index in [4.69, 9.17) is 15.9 Å². The van der Waals surface area contributed by atoms with Crippen molar-refractivity contribution in [2.24, 2.45) is 5.73 Å². The Morgan fingerprint density at radius 1 is 1.46 bits per heavy atom. The molecule has 2 heterocycles. The minimum atomic E-state index is -0.658. The fourth-order valence-corrected chi connectivity index (χ4v) is 3.27. The van der Waals surface area contributed by atoms with E-state index < -0.39 is 5.82 Å². The Bertz CT molecular complexity index is 713. The summed E-state index contributed by atoms with van der Waals surface area (Å²) in [4.78, 5) is 18.2. The van der Waals surface area contributed by atoms with Crippen molar-refractivity contribution in [3.8, 4) is 5.88 Å². The molecule has 1 saturated heterocycles. The third-order valence-electron chi connectivity index (χ3n) is 4.80. The highest BCUT2D eigenvalue weighted by molar-refractivity contribution is 6.11. The molecule has 1 aromatic heterocycles. The number of amides is 1. The first-order valence-corrected chi connectivity index (χ1v) is 8.04. The Hall–Kier alpha value is -2.44. The van der Waals surface area contributed by atoms with Crippen molar-refractivity contribution in [2.45, 2.75) is 37.6 Å². The Labute approximate surface area is 140 Å². The summed E-state index contributed by atoms with van der Waals surface area (Å²) in [6.07, 6.45) is 7.34. The third-order valence-corrected chi connectivity index (χ3v) is 4.80. The first-order chi connectivity index (χ1) is 11.5. The first kappa shape index (κ1) is 16.4. The van der Waals surface area contributed by atoms with Crippen LogP contribution in [0.2, 0.25) is 0 Å². The van der Waals surface area contributed by atoms with Gasteiger partial charge >= 0.3 is 0 Å². The number of nitrogens with one attached hydrogen (secondary N) is 1. The molecular formula is C17H21FN4O2. The predicted octanol–water partition coefficient (Wildman–Crippen LogP) is 1.98. The summed E-state index contributed by atoms with van der Waals surface area (Å²) in [6, 6.07) is 1.31. The van der Waals surface area contributed by atoms with Crippen LogP contribution in [0.25, 0.3) is 0 Å². The highest BCUT2D eigenvalue weighted by Crippen LogP contribution is 2.48. The number of halogens is 1. The van der Waals surface area contributed by atoms with Crippen LogP contribution in [0.1, 0.15) is 37.7 Å². The number of rotatable bonds is 4. The average molecular weight is 332 g/mol. The second-order valence-electron chi connectivity index (χ2n) is 6.36. The van der Waals surface area contributed by atoms with Gasteiger partial charge in [0.05, 0.1) is 24.7 Å². The number of aromatic nitrogens is 1. The lowest BCUT2D eigenvalue weighted by atomic mass is 9.99. The minimum absolute atomic E-state index is 0.00243. The lowest BCUT2D eigenvalue weighted by Crippen LogP contribution is -2.47. The minimum Gasteiger partial charge on any atom is -0.481 e. The largest absolute Gasteiger partial charge is 0.481 e. The van der Waals surface area contributed by atoms with Crippen LogP contribution in [0.15, 0.2) is 24.0 Å². The van der Waals surface area contributed by atoms with E-state index in [0.717, 1.165) is 38.3 Å². The highest BCUT2D eigenvalue weighted by Gasteiger charge is 2.51. The number of nitrogens with two attached hydrogens (primary N) is 1. The molecule has 0 radical (unpaired) electrons. The van der Waals surface area contributed by atoms with Gasteiger partial charge in [0.15, 0.2) is 5.82 Å². The van der Waals surface area contributed by atoms with Crippen LogP contribution in [0.5, 0.6) is 5.88 Å². The number of methoxy groups -OCH3 is 1. The number of pyridine rings is 1. The maximum absolute atomic E-state index is 13.9. The maximum Gasteiger partial charge on any atom is 0.270 e. The molecule has 128 valence electrons. The molecule has 24 heavy (non-hydrogen) atoms. The van der Waals surface area contributed by atoms with E-state index >= 15 is 0 Å². The highest BCUT2D eigenvalue weighted by atomic mass is 19.1. The van der Waals surface area contributed by atoms with E-state index in [1.807, 2.05) is 4.90 Å². The monoisotopic (exact) mass is 332 g/mol. The van der Waals surface area contributed by atoms with Crippen molar-refractivity contribution in [1.29, 1.82) is 5.41 Å². The lowest BCUT2D eigenvalue weighted by Gasteiger charge is -2.36. The molecule has 1 aliphatic heterocycles. The van der Waals surface area contributed by atoms with Crippen molar-refractivity contribution in [3.63, 3.8) is 0 Å². The van der Waals surface area contributed by atoms with Crippen LogP contribution in [0, 0.1) is 11.2 Å². The molecule has 0 unspecified atom stereocenters. The zero-order valence-electron chi connectivity index (χ0n) is 13.6. The normalized spacial score (nSPS) is 19.2. The van der Waals surface area contributed by atoms with Gasteiger partial charge in [0.25, 0.3) is 5.91 Å². The third kappa shape index (κ3) is 2.98. The van der Waals surface area contributed by atoms with Crippen LogP contribution in [0.4, 0.5) is 4.39 Å². The molecule has 3 N–H and O–H groups in total. The summed E-state index contributed by atoms with van der Waals surface area (Å²) < 4.78 is 18.8. The van der Waals surface area contributed by atoms with Crippen molar-refractivity contribution in [2.75, 3.05) is 13.7 Å². The Morgan fingerprint density at radius 2 is 2.21 bits per heavy atom. The van der Waals surface area contributed by atoms with Gasteiger partial charge in [-0.2, -0.15) is 0 Å². The number of ether oxygens (including phenoxy) is 1. The molecule has 0 atom stereocenters. The van der Waals surface area contributed by atoms with Gasteiger partial charge in [-0.1, -0.05) is 0 Å². The number of hydrogen-bond donors (Lipinski definition) is 2. The Morgan fingerprint density at radius 3 is 2.88 bits per heavy atom. The van der Waals surface area contributed by atoms with E-state index in [-0.39, 0.29) is 34.3 Å². The van der Waals surface area contributed by atoms with Crippen LogP contribution in [-0.4, -0.2) is 40.7 Å². The van der Waals surface area contributed by atoms with E-state index in [9.17, 15) is 9.18 Å². The van der Waals surface area contributed by atoms with E-state index in [0.29, 0.717) is 6.54 Å². The van der Waals surface area contributed by atoms with Crippen LogP contribution in [0.3, 0.4) is 0 Å². The van der Waals surface area contributed by atoms with Crippen LogP contribution >= 0.6 is 0 Å². The fourth-order valence-electron chi connectivity index (χ4n) is 3.27. The molecule has 1 amide bonds. The van der Waals surface area contributed by atoms with E-state index in [2.05, 4.69) is 4.98 Å².